The second-order valence-corrected chi connectivity index (χ2v) is 8.01. The summed E-state index contributed by atoms with van der Waals surface area (Å²) in [6, 6.07) is 12.7. The van der Waals surface area contributed by atoms with Crippen LogP contribution in [0.15, 0.2) is 53.4 Å². The second-order valence-electron chi connectivity index (χ2n) is 5.45. The first kappa shape index (κ1) is 19.8. The van der Waals surface area contributed by atoms with E-state index in [4.69, 9.17) is 17.0 Å². The molecule has 2 aromatic rings. The molecule has 0 bridgehead atoms. The van der Waals surface area contributed by atoms with Crippen molar-refractivity contribution in [2.75, 3.05) is 26.5 Å². The fraction of sp³-hybridized carbons (Fsp3) is 0.176. The van der Waals surface area contributed by atoms with Crippen LogP contribution in [-0.2, 0) is 10.0 Å². The SMILES string of the molecule is COc1ccc(C(=O)NC(=S)Nc2ccc(S(=O)(=O)N(C)C)cc2)cc1. The predicted molar refractivity (Wildman–Crippen MR) is 104 cm³/mol. The Morgan fingerprint density at radius 1 is 1.04 bits per heavy atom. The monoisotopic (exact) mass is 393 g/mol. The molecule has 0 fully saturated rings. The van der Waals surface area contributed by atoms with E-state index in [1.807, 2.05) is 0 Å². The van der Waals surface area contributed by atoms with Gasteiger partial charge in [-0.05, 0) is 60.7 Å². The van der Waals surface area contributed by atoms with Gasteiger partial charge in [-0.25, -0.2) is 12.7 Å². The number of nitrogens with one attached hydrogen (secondary N) is 2. The van der Waals surface area contributed by atoms with Gasteiger partial charge in [-0.1, -0.05) is 0 Å². The molecule has 0 saturated heterocycles. The van der Waals surface area contributed by atoms with Crippen molar-refractivity contribution in [1.82, 2.24) is 9.62 Å². The number of sulfonamides is 1. The second kappa shape index (κ2) is 8.26. The van der Waals surface area contributed by atoms with E-state index in [2.05, 4.69) is 10.6 Å². The minimum Gasteiger partial charge on any atom is -0.497 e. The van der Waals surface area contributed by atoms with Crippen LogP contribution < -0.4 is 15.4 Å². The maximum atomic E-state index is 12.1. The molecule has 0 aromatic heterocycles. The first-order valence-electron chi connectivity index (χ1n) is 7.53. The Bertz CT molecular complexity index is 893. The van der Waals surface area contributed by atoms with Crippen LogP contribution in [0.2, 0.25) is 0 Å². The van der Waals surface area contributed by atoms with Crippen LogP contribution in [0.1, 0.15) is 10.4 Å². The van der Waals surface area contributed by atoms with Crippen molar-refractivity contribution in [2.45, 2.75) is 4.90 Å². The molecule has 0 aliphatic carbocycles. The highest BCUT2D eigenvalue weighted by atomic mass is 32.2. The fourth-order valence-electron chi connectivity index (χ4n) is 2.00. The molecule has 0 radical (unpaired) electrons. The van der Waals surface area contributed by atoms with Crippen molar-refractivity contribution >= 4 is 38.9 Å². The number of carbonyl (C=O) groups is 1. The molecule has 2 N–H and O–H groups in total. The van der Waals surface area contributed by atoms with E-state index in [0.29, 0.717) is 17.0 Å². The van der Waals surface area contributed by atoms with Crippen LogP contribution in [0, 0.1) is 0 Å². The number of ether oxygens (including phenoxy) is 1. The molecule has 0 atom stereocenters. The number of benzene rings is 2. The highest BCUT2D eigenvalue weighted by molar-refractivity contribution is 7.89. The average molecular weight is 393 g/mol. The summed E-state index contributed by atoms with van der Waals surface area (Å²) in [6.45, 7) is 0. The lowest BCUT2D eigenvalue weighted by atomic mass is 10.2. The molecule has 2 aromatic carbocycles. The van der Waals surface area contributed by atoms with E-state index >= 15 is 0 Å². The molecule has 0 saturated carbocycles. The van der Waals surface area contributed by atoms with Crippen molar-refractivity contribution in [2.24, 2.45) is 0 Å². The zero-order valence-corrected chi connectivity index (χ0v) is 16.1. The van der Waals surface area contributed by atoms with Gasteiger partial charge in [-0.2, -0.15) is 0 Å². The summed E-state index contributed by atoms with van der Waals surface area (Å²) < 4.78 is 30.2. The zero-order valence-electron chi connectivity index (χ0n) is 14.5. The average Bonchev–Trinajstić information content (AvgIpc) is 2.62. The third-order valence-corrected chi connectivity index (χ3v) is 5.50. The van der Waals surface area contributed by atoms with Gasteiger partial charge in [-0.15, -0.1) is 0 Å². The van der Waals surface area contributed by atoms with Crippen molar-refractivity contribution in [1.29, 1.82) is 0 Å². The van der Waals surface area contributed by atoms with E-state index in [1.54, 1.807) is 43.5 Å². The Balaban J connectivity index is 2.00. The third kappa shape index (κ3) is 4.78. The lowest BCUT2D eigenvalue weighted by Gasteiger charge is -2.13. The molecule has 0 heterocycles. The topological polar surface area (TPSA) is 87.7 Å². The maximum absolute atomic E-state index is 12.1. The van der Waals surface area contributed by atoms with Gasteiger partial charge in [-0.3, -0.25) is 10.1 Å². The molecule has 0 spiro atoms. The van der Waals surface area contributed by atoms with Gasteiger partial charge in [0.25, 0.3) is 5.91 Å². The summed E-state index contributed by atoms with van der Waals surface area (Å²) >= 11 is 5.11. The van der Waals surface area contributed by atoms with Gasteiger partial charge in [0.1, 0.15) is 5.75 Å². The zero-order chi connectivity index (χ0) is 19.3. The summed E-state index contributed by atoms with van der Waals surface area (Å²) in [7, 11) is 0.982. The number of hydrogen-bond acceptors (Lipinski definition) is 5. The minimum atomic E-state index is -3.49. The molecule has 9 heteroatoms. The van der Waals surface area contributed by atoms with Crippen LogP contribution in [0.4, 0.5) is 5.69 Å². The third-order valence-electron chi connectivity index (χ3n) is 3.47. The van der Waals surface area contributed by atoms with E-state index < -0.39 is 10.0 Å². The normalized spacial score (nSPS) is 11.1. The molecule has 26 heavy (non-hydrogen) atoms. The lowest BCUT2D eigenvalue weighted by molar-refractivity contribution is 0.0977. The lowest BCUT2D eigenvalue weighted by Crippen LogP contribution is -2.34. The molecular formula is C17H19N3O4S2. The molecular weight excluding hydrogens is 374 g/mol. The van der Waals surface area contributed by atoms with Gasteiger partial charge in [0.05, 0.1) is 12.0 Å². The van der Waals surface area contributed by atoms with E-state index in [9.17, 15) is 13.2 Å². The summed E-state index contributed by atoms with van der Waals surface area (Å²) in [5.41, 5.74) is 0.991. The molecule has 138 valence electrons. The van der Waals surface area contributed by atoms with Crippen LogP contribution in [0.25, 0.3) is 0 Å². The standard InChI is InChI=1S/C17H19N3O4S2/c1-20(2)26(22,23)15-10-6-13(7-11-15)18-17(25)19-16(21)12-4-8-14(24-3)9-5-12/h4-11H,1-3H3,(H2,18,19,21,25). The largest absolute Gasteiger partial charge is 0.497 e. The molecule has 2 rings (SSSR count). The summed E-state index contributed by atoms with van der Waals surface area (Å²) in [6.07, 6.45) is 0. The number of amides is 1. The number of thiocarbonyl (C=S) groups is 1. The van der Waals surface area contributed by atoms with Crippen LogP contribution >= 0.6 is 12.2 Å². The minimum absolute atomic E-state index is 0.106. The van der Waals surface area contributed by atoms with E-state index in [-0.39, 0.29) is 15.9 Å². The van der Waals surface area contributed by atoms with Crippen molar-refractivity contribution in [3.8, 4) is 5.75 Å². The number of hydrogen-bond donors (Lipinski definition) is 2. The van der Waals surface area contributed by atoms with E-state index in [0.717, 1.165) is 4.31 Å². The molecule has 7 nitrogen and oxygen atoms in total. The summed E-state index contributed by atoms with van der Waals surface area (Å²) in [5.74, 6) is 0.284. The number of anilines is 1. The number of nitrogens with zero attached hydrogens (tertiary/aromatic N) is 1. The van der Waals surface area contributed by atoms with Crippen LogP contribution in [0.3, 0.4) is 0 Å². The molecule has 0 aliphatic heterocycles. The Labute approximate surface area is 158 Å². The van der Waals surface area contributed by atoms with Gasteiger partial charge in [0.2, 0.25) is 10.0 Å². The van der Waals surface area contributed by atoms with Gasteiger partial charge in [0, 0.05) is 25.3 Å². The number of rotatable bonds is 5. The van der Waals surface area contributed by atoms with E-state index in [1.165, 1.54) is 26.2 Å². The van der Waals surface area contributed by atoms with Gasteiger partial charge >= 0.3 is 0 Å². The molecule has 0 aliphatic rings. The first-order chi connectivity index (χ1) is 12.2. The quantitative estimate of drug-likeness (QED) is 0.756. The van der Waals surface area contributed by atoms with Crippen molar-refractivity contribution < 1.29 is 17.9 Å². The fourth-order valence-corrected chi connectivity index (χ4v) is 3.11. The van der Waals surface area contributed by atoms with Crippen molar-refractivity contribution in [3.05, 3.63) is 54.1 Å². The Hall–Kier alpha value is -2.49. The number of methoxy groups -OCH3 is 1. The molecule has 1 amide bonds. The Morgan fingerprint density at radius 3 is 2.12 bits per heavy atom. The molecule has 0 unspecified atom stereocenters. The highest BCUT2D eigenvalue weighted by Gasteiger charge is 2.16. The smallest absolute Gasteiger partial charge is 0.257 e. The Kier molecular flexibility index (Phi) is 6.30. The maximum Gasteiger partial charge on any atom is 0.257 e. The van der Waals surface area contributed by atoms with Gasteiger partial charge < -0.3 is 10.1 Å². The predicted octanol–water partition coefficient (Wildman–Crippen LogP) is 2.07. The highest BCUT2D eigenvalue weighted by Crippen LogP contribution is 2.16. The van der Waals surface area contributed by atoms with Crippen LogP contribution in [-0.4, -0.2) is 44.9 Å². The first-order valence-corrected chi connectivity index (χ1v) is 9.38. The Morgan fingerprint density at radius 2 is 1.62 bits per heavy atom. The number of carbonyl (C=O) groups excluding carboxylic acids is 1. The summed E-state index contributed by atoms with van der Waals surface area (Å²) in [4.78, 5) is 12.3. The van der Waals surface area contributed by atoms with Crippen molar-refractivity contribution in [3.63, 3.8) is 0 Å². The van der Waals surface area contributed by atoms with Crippen LogP contribution in [0.5, 0.6) is 5.75 Å². The van der Waals surface area contributed by atoms with Gasteiger partial charge in [0.15, 0.2) is 5.11 Å². The summed E-state index contributed by atoms with van der Waals surface area (Å²) in [5, 5.41) is 5.50.